The van der Waals surface area contributed by atoms with Crippen molar-refractivity contribution in [2.24, 2.45) is 0 Å². The highest BCUT2D eigenvalue weighted by molar-refractivity contribution is 6.33. The highest BCUT2D eigenvalue weighted by Crippen LogP contribution is 2.36. The highest BCUT2D eigenvalue weighted by Gasteiger charge is 2.51. The van der Waals surface area contributed by atoms with E-state index in [1.165, 1.54) is 31.7 Å². The van der Waals surface area contributed by atoms with E-state index in [1.54, 1.807) is 0 Å². The average Bonchev–Trinajstić information content (AvgIpc) is 3.15. The van der Waals surface area contributed by atoms with E-state index in [4.69, 9.17) is 30.5 Å². The molecule has 2 aromatic rings. The van der Waals surface area contributed by atoms with Crippen molar-refractivity contribution in [3.63, 3.8) is 0 Å². The van der Waals surface area contributed by atoms with Gasteiger partial charge in [-0.1, -0.05) is 11.6 Å². The lowest BCUT2D eigenvalue weighted by Gasteiger charge is -2.23. The Labute approximate surface area is 168 Å². The Bertz CT molecular complexity index is 1020. The van der Waals surface area contributed by atoms with Crippen LogP contribution >= 0.6 is 11.6 Å². The minimum Gasteiger partial charge on any atom is -0.463 e. The van der Waals surface area contributed by atoms with Crippen LogP contribution in [0.25, 0.3) is 11.2 Å². The van der Waals surface area contributed by atoms with Gasteiger partial charge >= 0.3 is 23.6 Å². The summed E-state index contributed by atoms with van der Waals surface area (Å²) in [6.45, 7) is 3.29. The number of aromatic nitrogens is 4. The molecule has 29 heavy (non-hydrogen) atoms. The number of halogens is 1. The summed E-state index contributed by atoms with van der Waals surface area (Å²) in [6, 6.07) is 0. The maximum absolute atomic E-state index is 11.7. The molecule has 1 aliphatic heterocycles. The average molecular weight is 429 g/mol. The normalized spacial score (nSPS) is 23.7. The van der Waals surface area contributed by atoms with Crippen LogP contribution in [0.2, 0.25) is 5.15 Å². The highest BCUT2D eigenvalue weighted by atomic mass is 35.5. The second-order valence-corrected chi connectivity index (χ2v) is 6.57. The summed E-state index contributed by atoms with van der Waals surface area (Å²) >= 11 is 5.99. The van der Waals surface area contributed by atoms with Crippen molar-refractivity contribution >= 4 is 40.7 Å². The molecule has 3 rings (SSSR count). The van der Waals surface area contributed by atoms with Gasteiger partial charge in [0.05, 0.1) is 6.33 Å². The van der Waals surface area contributed by atoms with Crippen LogP contribution in [0.1, 0.15) is 27.0 Å². The molecule has 156 valence electrons. The van der Waals surface area contributed by atoms with Crippen molar-refractivity contribution in [3.05, 3.63) is 22.0 Å². The smallest absolute Gasteiger partial charge is 0.348 e. The van der Waals surface area contributed by atoms with Crippen LogP contribution in [0.4, 0.5) is 0 Å². The van der Waals surface area contributed by atoms with Gasteiger partial charge in [0, 0.05) is 20.8 Å². The molecule has 3 heterocycles. The number of H-pyrrole nitrogens is 1. The van der Waals surface area contributed by atoms with E-state index >= 15 is 0 Å². The summed E-state index contributed by atoms with van der Waals surface area (Å²) < 4.78 is 22.8. The molecule has 1 fully saturated rings. The SMILES string of the molecule is CC(=O)OCC1OC(n2cnc3c(Cl)[nH]c(=O)nc32)C(OC(C)=O)C1OC(C)=O. The van der Waals surface area contributed by atoms with Gasteiger partial charge in [-0.25, -0.2) is 9.78 Å². The van der Waals surface area contributed by atoms with E-state index in [0.717, 1.165) is 0 Å². The minimum atomic E-state index is -1.13. The van der Waals surface area contributed by atoms with Crippen molar-refractivity contribution in [2.75, 3.05) is 6.61 Å². The number of nitrogens with zero attached hydrogens (tertiary/aromatic N) is 3. The van der Waals surface area contributed by atoms with Crippen LogP contribution in [0, 0.1) is 0 Å². The minimum absolute atomic E-state index is 0.0335. The largest absolute Gasteiger partial charge is 0.463 e. The number of fused-ring (bicyclic) bond motifs is 1. The Morgan fingerprint density at radius 3 is 2.45 bits per heavy atom. The van der Waals surface area contributed by atoms with Crippen molar-refractivity contribution in [1.82, 2.24) is 19.5 Å². The molecule has 1 N–H and O–H groups in total. The number of nitrogens with one attached hydrogen (secondary N) is 1. The van der Waals surface area contributed by atoms with E-state index < -0.39 is 48.1 Å². The molecule has 4 unspecified atom stereocenters. The molecule has 0 radical (unpaired) electrons. The topological polar surface area (TPSA) is 152 Å². The number of aromatic amines is 1. The number of ether oxygens (including phenoxy) is 4. The number of imidazole rings is 1. The molecule has 1 aliphatic rings. The first-order chi connectivity index (χ1) is 13.7. The molecular weight excluding hydrogens is 412 g/mol. The van der Waals surface area contributed by atoms with Crippen molar-refractivity contribution in [3.8, 4) is 0 Å². The van der Waals surface area contributed by atoms with Crippen LogP contribution < -0.4 is 5.69 Å². The van der Waals surface area contributed by atoms with Gasteiger partial charge in [-0.3, -0.25) is 23.9 Å². The lowest BCUT2D eigenvalue weighted by molar-refractivity contribution is -0.166. The third-order valence-electron chi connectivity index (χ3n) is 4.01. The summed E-state index contributed by atoms with van der Waals surface area (Å²) in [7, 11) is 0. The maximum atomic E-state index is 11.7. The fourth-order valence-corrected chi connectivity index (χ4v) is 3.21. The van der Waals surface area contributed by atoms with Gasteiger partial charge in [0.15, 0.2) is 24.1 Å². The third kappa shape index (κ3) is 4.38. The zero-order chi connectivity index (χ0) is 21.3. The maximum Gasteiger partial charge on any atom is 0.348 e. The summed E-state index contributed by atoms with van der Waals surface area (Å²) in [4.78, 5) is 56.4. The Hall–Kier alpha value is -2.99. The van der Waals surface area contributed by atoms with Crippen LogP contribution in [-0.2, 0) is 33.3 Å². The van der Waals surface area contributed by atoms with Crippen molar-refractivity contribution < 1.29 is 33.3 Å². The molecule has 0 amide bonds. The molecule has 0 bridgehead atoms. The first kappa shape index (κ1) is 20.7. The standard InChI is InChI=1S/C16H17ClN4O8/c1-6(22)26-4-9-11(27-7(2)23)12(28-8(3)24)15(29-9)21-5-18-10-13(17)19-16(25)20-14(10)21/h5,9,11-12,15H,4H2,1-3H3,(H,19,20,25). The van der Waals surface area contributed by atoms with E-state index in [0.29, 0.717) is 0 Å². The van der Waals surface area contributed by atoms with E-state index in [1.807, 2.05) is 0 Å². The monoisotopic (exact) mass is 428 g/mol. The van der Waals surface area contributed by atoms with Crippen LogP contribution in [0.3, 0.4) is 0 Å². The van der Waals surface area contributed by atoms with Gasteiger partial charge in [0.1, 0.15) is 23.4 Å². The van der Waals surface area contributed by atoms with Gasteiger partial charge in [0.25, 0.3) is 0 Å². The fourth-order valence-electron chi connectivity index (χ4n) is 3.00. The van der Waals surface area contributed by atoms with Crippen molar-refractivity contribution in [1.29, 1.82) is 0 Å². The zero-order valence-corrected chi connectivity index (χ0v) is 16.3. The molecule has 0 aliphatic carbocycles. The molecule has 0 spiro atoms. The van der Waals surface area contributed by atoms with Crippen LogP contribution in [-0.4, -0.2) is 62.3 Å². The fraction of sp³-hybridized carbons (Fsp3) is 0.500. The van der Waals surface area contributed by atoms with Gasteiger partial charge in [0.2, 0.25) is 0 Å². The molecule has 1 saturated heterocycles. The van der Waals surface area contributed by atoms with Gasteiger partial charge in [-0.15, -0.1) is 0 Å². The molecule has 12 nitrogen and oxygen atoms in total. The molecule has 4 atom stereocenters. The van der Waals surface area contributed by atoms with Crippen LogP contribution in [0.5, 0.6) is 0 Å². The summed E-state index contributed by atoms with van der Waals surface area (Å²) in [5.74, 6) is -1.89. The Morgan fingerprint density at radius 2 is 1.83 bits per heavy atom. The lowest BCUT2D eigenvalue weighted by atomic mass is 10.1. The number of rotatable bonds is 5. The number of hydrogen-bond donors (Lipinski definition) is 1. The summed E-state index contributed by atoms with van der Waals surface area (Å²) in [5, 5.41) is -0.0335. The summed E-state index contributed by atoms with van der Waals surface area (Å²) in [5.41, 5.74) is -0.473. The third-order valence-corrected chi connectivity index (χ3v) is 4.29. The summed E-state index contributed by atoms with van der Waals surface area (Å²) in [6.07, 6.45) is -2.96. The predicted molar refractivity (Wildman–Crippen MR) is 94.8 cm³/mol. The number of carbonyl (C=O) groups excluding carboxylic acids is 3. The Morgan fingerprint density at radius 1 is 1.17 bits per heavy atom. The lowest BCUT2D eigenvalue weighted by Crippen LogP contribution is -2.40. The second kappa shape index (κ2) is 8.17. The van der Waals surface area contributed by atoms with E-state index in [9.17, 15) is 19.2 Å². The Balaban J connectivity index is 2.05. The number of esters is 3. The number of carbonyl (C=O) groups is 3. The molecule has 0 aromatic carbocycles. The first-order valence-electron chi connectivity index (χ1n) is 8.43. The quantitative estimate of drug-likeness (QED) is 0.394. The van der Waals surface area contributed by atoms with Gasteiger partial charge < -0.3 is 18.9 Å². The van der Waals surface area contributed by atoms with Crippen LogP contribution in [0.15, 0.2) is 11.1 Å². The molecule has 2 aromatic heterocycles. The predicted octanol–water partition coefficient (Wildman–Crippen LogP) is 0.0969. The zero-order valence-electron chi connectivity index (χ0n) is 15.6. The Kier molecular flexibility index (Phi) is 5.84. The van der Waals surface area contributed by atoms with Gasteiger partial charge in [-0.2, -0.15) is 4.98 Å². The molecule has 0 saturated carbocycles. The van der Waals surface area contributed by atoms with E-state index in [-0.39, 0.29) is 22.9 Å². The first-order valence-corrected chi connectivity index (χ1v) is 8.80. The van der Waals surface area contributed by atoms with Gasteiger partial charge in [-0.05, 0) is 0 Å². The van der Waals surface area contributed by atoms with E-state index in [2.05, 4.69) is 15.0 Å². The number of hydrogen-bond acceptors (Lipinski definition) is 10. The molecular formula is C16H17ClN4O8. The second-order valence-electron chi connectivity index (χ2n) is 6.20. The molecule has 13 heteroatoms. The van der Waals surface area contributed by atoms with Crippen molar-refractivity contribution in [2.45, 2.75) is 45.3 Å².